The molecule has 0 fully saturated rings. The third-order valence-electron chi connectivity index (χ3n) is 2.63. The minimum absolute atomic E-state index is 0.330. The van der Waals surface area contributed by atoms with E-state index in [0.717, 1.165) is 16.7 Å². The van der Waals surface area contributed by atoms with Crippen molar-refractivity contribution in [1.82, 2.24) is 0 Å². The summed E-state index contributed by atoms with van der Waals surface area (Å²) in [6, 6.07) is 12.3. The second-order valence-electron chi connectivity index (χ2n) is 3.65. The van der Waals surface area contributed by atoms with E-state index < -0.39 is 0 Å². The summed E-state index contributed by atoms with van der Waals surface area (Å²) in [7, 11) is 0. The van der Waals surface area contributed by atoms with E-state index in [1.807, 2.05) is 24.3 Å². The molecule has 0 bridgehead atoms. The molecular weight excluding hydrogens is 186 g/mol. The van der Waals surface area contributed by atoms with Crippen LogP contribution in [0.1, 0.15) is 5.56 Å². The molecule has 1 atom stereocenters. The van der Waals surface area contributed by atoms with Gasteiger partial charge in [-0.15, -0.1) is 0 Å². The zero-order valence-corrected chi connectivity index (χ0v) is 8.18. The Morgan fingerprint density at radius 2 is 1.93 bits per heavy atom. The van der Waals surface area contributed by atoms with Gasteiger partial charge in [-0.25, -0.2) is 0 Å². The molecule has 1 aliphatic heterocycles. The number of hydrogen-bond donors (Lipinski definition) is 1. The van der Waals surface area contributed by atoms with Gasteiger partial charge in [-0.05, 0) is 11.5 Å². The summed E-state index contributed by atoms with van der Waals surface area (Å²) < 4.78 is 5.64. The first kappa shape index (κ1) is 8.50. The Morgan fingerprint density at radius 3 is 2.87 bits per heavy atom. The predicted molar refractivity (Wildman–Crippen MR) is 61.6 cm³/mol. The van der Waals surface area contributed by atoms with Crippen LogP contribution in [0.3, 0.4) is 0 Å². The average molecular weight is 197 g/mol. The summed E-state index contributed by atoms with van der Waals surface area (Å²) in [4.78, 5) is 0. The molecule has 15 heavy (non-hydrogen) atoms. The van der Waals surface area contributed by atoms with Crippen molar-refractivity contribution >= 4 is 16.8 Å². The summed E-state index contributed by atoms with van der Waals surface area (Å²) in [5, 5.41) is 2.30. The lowest BCUT2D eigenvalue weighted by Gasteiger charge is -2.19. The van der Waals surface area contributed by atoms with Gasteiger partial charge < -0.3 is 4.74 Å². The summed E-state index contributed by atoms with van der Waals surface area (Å²) in [5.74, 6) is 0.892. The van der Waals surface area contributed by atoms with Crippen LogP contribution in [0.15, 0.2) is 42.5 Å². The van der Waals surface area contributed by atoms with Crippen molar-refractivity contribution in [2.45, 2.75) is 6.23 Å². The third-order valence-corrected chi connectivity index (χ3v) is 2.63. The summed E-state index contributed by atoms with van der Waals surface area (Å²) in [6.45, 7) is 0. The molecule has 2 aromatic carbocycles. The third kappa shape index (κ3) is 1.30. The first-order valence-corrected chi connectivity index (χ1v) is 4.97. The fourth-order valence-corrected chi connectivity index (χ4v) is 1.90. The van der Waals surface area contributed by atoms with E-state index in [1.165, 1.54) is 5.39 Å². The molecule has 0 saturated heterocycles. The molecule has 0 spiro atoms. The van der Waals surface area contributed by atoms with Crippen molar-refractivity contribution in [1.29, 1.82) is 0 Å². The van der Waals surface area contributed by atoms with Gasteiger partial charge >= 0.3 is 0 Å². The Balaban J connectivity index is 2.34. The quantitative estimate of drug-likeness (QED) is 0.704. The van der Waals surface area contributed by atoms with Crippen molar-refractivity contribution in [2.24, 2.45) is 5.73 Å². The highest BCUT2D eigenvalue weighted by Crippen LogP contribution is 2.33. The van der Waals surface area contributed by atoms with E-state index in [-0.39, 0.29) is 6.23 Å². The SMILES string of the molecule is NC1C=Cc2ccc3ccccc3c2O1. The standard InChI is InChI=1S/C13H11NO/c14-12-8-7-10-6-5-9-3-1-2-4-11(9)13(10)15-12/h1-8,12H,14H2. The van der Waals surface area contributed by atoms with Gasteiger partial charge in [0, 0.05) is 10.9 Å². The Kier molecular flexibility index (Phi) is 1.76. The highest BCUT2D eigenvalue weighted by Gasteiger charge is 2.13. The van der Waals surface area contributed by atoms with Gasteiger partial charge in [0.2, 0.25) is 0 Å². The van der Waals surface area contributed by atoms with E-state index in [4.69, 9.17) is 10.5 Å². The van der Waals surface area contributed by atoms with E-state index in [0.29, 0.717) is 0 Å². The van der Waals surface area contributed by atoms with Crippen molar-refractivity contribution in [3.63, 3.8) is 0 Å². The molecule has 2 N–H and O–H groups in total. The maximum Gasteiger partial charge on any atom is 0.167 e. The number of nitrogens with two attached hydrogens (primary N) is 1. The summed E-state index contributed by atoms with van der Waals surface area (Å²) in [6.07, 6.45) is 3.54. The van der Waals surface area contributed by atoms with Crippen LogP contribution in [0.2, 0.25) is 0 Å². The van der Waals surface area contributed by atoms with Crippen LogP contribution in [0.5, 0.6) is 5.75 Å². The van der Waals surface area contributed by atoms with Gasteiger partial charge in [-0.1, -0.05) is 42.5 Å². The number of fused-ring (bicyclic) bond motifs is 3. The number of rotatable bonds is 0. The van der Waals surface area contributed by atoms with Gasteiger partial charge in [0.05, 0.1) is 0 Å². The van der Waals surface area contributed by atoms with Crippen LogP contribution in [-0.4, -0.2) is 6.23 Å². The molecule has 0 radical (unpaired) electrons. The molecule has 0 amide bonds. The van der Waals surface area contributed by atoms with Gasteiger partial charge in [-0.3, -0.25) is 5.73 Å². The summed E-state index contributed by atoms with van der Waals surface area (Å²) in [5.41, 5.74) is 6.82. The van der Waals surface area contributed by atoms with Gasteiger partial charge in [0.1, 0.15) is 5.75 Å². The lowest BCUT2D eigenvalue weighted by molar-refractivity contribution is 0.257. The van der Waals surface area contributed by atoms with Crippen LogP contribution in [0.4, 0.5) is 0 Å². The summed E-state index contributed by atoms with van der Waals surface area (Å²) >= 11 is 0. The lowest BCUT2D eigenvalue weighted by atomic mass is 10.0. The Hall–Kier alpha value is -1.80. The zero-order valence-electron chi connectivity index (χ0n) is 8.18. The molecule has 2 heteroatoms. The van der Waals surface area contributed by atoms with E-state index in [2.05, 4.69) is 24.3 Å². The van der Waals surface area contributed by atoms with Crippen molar-refractivity contribution in [3.8, 4) is 5.75 Å². The van der Waals surface area contributed by atoms with Crippen LogP contribution < -0.4 is 10.5 Å². The molecule has 74 valence electrons. The average Bonchev–Trinajstić information content (AvgIpc) is 2.29. The van der Waals surface area contributed by atoms with Gasteiger partial charge in [0.15, 0.2) is 6.23 Å². The largest absolute Gasteiger partial charge is 0.471 e. The maximum absolute atomic E-state index is 5.73. The molecule has 1 aliphatic rings. The molecule has 1 heterocycles. The Morgan fingerprint density at radius 1 is 1.07 bits per heavy atom. The Labute approximate surface area is 88.0 Å². The zero-order chi connectivity index (χ0) is 10.3. The van der Waals surface area contributed by atoms with Crippen LogP contribution >= 0.6 is 0 Å². The number of hydrogen-bond acceptors (Lipinski definition) is 2. The van der Waals surface area contributed by atoms with E-state index >= 15 is 0 Å². The smallest absolute Gasteiger partial charge is 0.167 e. The maximum atomic E-state index is 5.73. The van der Waals surface area contributed by atoms with E-state index in [1.54, 1.807) is 0 Å². The topological polar surface area (TPSA) is 35.2 Å². The fraction of sp³-hybridized carbons (Fsp3) is 0.0769. The van der Waals surface area contributed by atoms with Crippen LogP contribution in [-0.2, 0) is 0 Å². The molecule has 0 aliphatic carbocycles. The van der Waals surface area contributed by atoms with Crippen LogP contribution in [0.25, 0.3) is 16.8 Å². The van der Waals surface area contributed by atoms with Crippen LogP contribution in [0, 0.1) is 0 Å². The number of benzene rings is 2. The molecule has 1 unspecified atom stereocenters. The lowest BCUT2D eigenvalue weighted by Crippen LogP contribution is -2.26. The van der Waals surface area contributed by atoms with Crippen molar-refractivity contribution in [2.75, 3.05) is 0 Å². The molecule has 0 saturated carbocycles. The first-order chi connectivity index (χ1) is 7.34. The van der Waals surface area contributed by atoms with Crippen molar-refractivity contribution in [3.05, 3.63) is 48.0 Å². The second-order valence-corrected chi connectivity index (χ2v) is 3.65. The minimum atomic E-state index is -0.330. The minimum Gasteiger partial charge on any atom is -0.471 e. The first-order valence-electron chi connectivity index (χ1n) is 4.97. The molecule has 2 nitrogen and oxygen atoms in total. The number of ether oxygens (including phenoxy) is 1. The Bertz CT molecular complexity index is 545. The predicted octanol–water partition coefficient (Wildman–Crippen LogP) is 2.53. The molecule has 3 rings (SSSR count). The fourth-order valence-electron chi connectivity index (χ4n) is 1.90. The van der Waals surface area contributed by atoms with Crippen molar-refractivity contribution < 1.29 is 4.74 Å². The highest BCUT2D eigenvalue weighted by molar-refractivity contribution is 5.92. The molecular formula is C13H11NO. The second kappa shape index (κ2) is 3.11. The van der Waals surface area contributed by atoms with Gasteiger partial charge in [0.25, 0.3) is 0 Å². The monoisotopic (exact) mass is 197 g/mol. The van der Waals surface area contributed by atoms with Gasteiger partial charge in [-0.2, -0.15) is 0 Å². The highest BCUT2D eigenvalue weighted by atomic mass is 16.5. The molecule has 0 aromatic heterocycles. The normalized spacial score (nSPS) is 18.6. The molecule has 2 aromatic rings. The van der Waals surface area contributed by atoms with E-state index in [9.17, 15) is 0 Å².